The van der Waals surface area contributed by atoms with Crippen LogP contribution in [-0.2, 0) is 6.42 Å². The first-order valence-corrected chi connectivity index (χ1v) is 6.41. The van der Waals surface area contributed by atoms with Gasteiger partial charge in [-0.05, 0) is 30.9 Å². The third kappa shape index (κ3) is 3.12. The Bertz CT molecular complexity index is 295. The fourth-order valence-electron chi connectivity index (χ4n) is 1.66. The zero-order chi connectivity index (χ0) is 11.3. The molecule has 0 saturated heterocycles. The molecule has 0 heterocycles. The maximum atomic E-state index is 6.04. The van der Waals surface area contributed by atoms with Crippen LogP contribution in [0.15, 0.2) is 24.3 Å². The molecule has 15 heavy (non-hydrogen) atoms. The van der Waals surface area contributed by atoms with Crippen LogP contribution in [0.1, 0.15) is 24.5 Å². The van der Waals surface area contributed by atoms with Crippen molar-refractivity contribution in [3.05, 3.63) is 35.4 Å². The molecule has 0 amide bonds. The van der Waals surface area contributed by atoms with Crippen LogP contribution in [0.4, 0.5) is 0 Å². The van der Waals surface area contributed by atoms with Crippen molar-refractivity contribution in [2.75, 3.05) is 11.8 Å². The Labute approximate surface area is 103 Å². The topological polar surface area (TPSA) is 0 Å². The molecule has 0 nitrogen and oxygen atoms in total. The molecule has 0 bridgehead atoms. The fourth-order valence-corrected chi connectivity index (χ4v) is 2.51. The molecule has 0 N–H and O–H groups in total. The minimum absolute atomic E-state index is 0.0508. The van der Waals surface area contributed by atoms with E-state index in [9.17, 15) is 0 Å². The zero-order valence-corrected chi connectivity index (χ0v) is 10.9. The van der Waals surface area contributed by atoms with Crippen LogP contribution in [0.2, 0.25) is 0 Å². The highest BCUT2D eigenvalue weighted by Crippen LogP contribution is 2.31. The average Bonchev–Trinajstić information content (AvgIpc) is 2.29. The second kappa shape index (κ2) is 5.77. The quantitative estimate of drug-likeness (QED) is 0.674. The molecule has 1 aromatic rings. The van der Waals surface area contributed by atoms with Crippen molar-refractivity contribution < 1.29 is 0 Å². The van der Waals surface area contributed by atoms with Gasteiger partial charge >= 0.3 is 0 Å². The average molecular weight is 245 g/mol. The maximum Gasteiger partial charge on any atom is 0.0294 e. The summed E-state index contributed by atoms with van der Waals surface area (Å²) in [6, 6.07) is 8.44. The first kappa shape index (κ1) is 12.9. The van der Waals surface area contributed by atoms with E-state index in [4.69, 9.17) is 23.2 Å². The summed E-state index contributed by atoms with van der Waals surface area (Å²) in [6.45, 7) is 4.29. The first-order chi connectivity index (χ1) is 7.17. The third-order valence-corrected chi connectivity index (χ3v) is 4.28. The van der Waals surface area contributed by atoms with Gasteiger partial charge in [-0.3, -0.25) is 0 Å². The molecule has 0 radical (unpaired) electrons. The second-order valence-corrected chi connectivity index (χ2v) is 4.76. The van der Waals surface area contributed by atoms with E-state index in [1.807, 2.05) is 0 Å². The molecule has 2 heteroatoms. The summed E-state index contributed by atoms with van der Waals surface area (Å²) >= 11 is 12.1. The normalized spacial score (nSPS) is 11.7. The van der Waals surface area contributed by atoms with Gasteiger partial charge in [0.05, 0.1) is 0 Å². The number of aryl methyl sites for hydroxylation is 1. The fraction of sp³-hybridized carbons (Fsp3) is 0.538. The molecule has 1 aromatic carbocycles. The molecular weight excluding hydrogens is 227 g/mol. The van der Waals surface area contributed by atoms with E-state index in [-0.39, 0.29) is 5.41 Å². The van der Waals surface area contributed by atoms with Gasteiger partial charge in [0.25, 0.3) is 0 Å². The van der Waals surface area contributed by atoms with Gasteiger partial charge in [0.1, 0.15) is 0 Å². The highest BCUT2D eigenvalue weighted by atomic mass is 35.5. The number of benzene rings is 1. The predicted octanol–water partition coefficient (Wildman–Crippen LogP) is 4.41. The molecule has 0 atom stereocenters. The lowest BCUT2D eigenvalue weighted by molar-refractivity contribution is 0.361. The van der Waals surface area contributed by atoms with Gasteiger partial charge in [-0.1, -0.05) is 31.2 Å². The zero-order valence-electron chi connectivity index (χ0n) is 9.39. The molecule has 0 aromatic heterocycles. The van der Waals surface area contributed by atoms with Gasteiger partial charge in [0, 0.05) is 17.2 Å². The molecule has 84 valence electrons. The monoisotopic (exact) mass is 244 g/mol. The largest absolute Gasteiger partial charge is 0.126 e. The molecule has 0 spiro atoms. The highest BCUT2D eigenvalue weighted by molar-refractivity contribution is 6.21. The summed E-state index contributed by atoms with van der Waals surface area (Å²) in [6.07, 6.45) is 2.00. The molecule has 0 saturated carbocycles. The standard InChI is InChI=1S/C13H18Cl2/c1-3-13(9-14,10-15)8-12-7-5-4-6-11(12)2/h4-7H,3,8-10H2,1-2H3. The van der Waals surface area contributed by atoms with Crippen LogP contribution >= 0.6 is 23.2 Å². The Hall–Kier alpha value is -0.200. The lowest BCUT2D eigenvalue weighted by Crippen LogP contribution is -2.27. The summed E-state index contributed by atoms with van der Waals surface area (Å²) < 4.78 is 0. The van der Waals surface area contributed by atoms with Crippen LogP contribution in [0.3, 0.4) is 0 Å². The Kier molecular flexibility index (Phi) is 4.95. The SMILES string of the molecule is CCC(CCl)(CCl)Cc1ccccc1C. The molecule has 0 unspecified atom stereocenters. The van der Waals surface area contributed by atoms with Crippen molar-refractivity contribution >= 4 is 23.2 Å². The molecule has 0 aliphatic heterocycles. The van der Waals surface area contributed by atoms with Crippen molar-refractivity contribution in [3.8, 4) is 0 Å². The van der Waals surface area contributed by atoms with Gasteiger partial charge in [-0.2, -0.15) is 0 Å². The minimum atomic E-state index is 0.0508. The van der Waals surface area contributed by atoms with Gasteiger partial charge in [-0.25, -0.2) is 0 Å². The Balaban J connectivity index is 2.88. The Morgan fingerprint density at radius 2 is 1.73 bits per heavy atom. The summed E-state index contributed by atoms with van der Waals surface area (Å²) in [4.78, 5) is 0. The van der Waals surface area contributed by atoms with Gasteiger partial charge in [0.15, 0.2) is 0 Å². The van der Waals surface area contributed by atoms with Crippen LogP contribution in [0.25, 0.3) is 0 Å². The van der Waals surface area contributed by atoms with Gasteiger partial charge < -0.3 is 0 Å². The van der Waals surface area contributed by atoms with Crippen molar-refractivity contribution in [1.82, 2.24) is 0 Å². The smallest absolute Gasteiger partial charge is 0.0294 e. The third-order valence-electron chi connectivity index (χ3n) is 3.14. The van der Waals surface area contributed by atoms with Gasteiger partial charge in [-0.15, -0.1) is 23.2 Å². The van der Waals surface area contributed by atoms with E-state index in [1.54, 1.807) is 0 Å². The second-order valence-electron chi connectivity index (χ2n) is 4.22. The number of halogens is 2. The van der Waals surface area contributed by atoms with Crippen LogP contribution in [0, 0.1) is 12.3 Å². The predicted molar refractivity (Wildman–Crippen MR) is 69.0 cm³/mol. The first-order valence-electron chi connectivity index (χ1n) is 5.34. The van der Waals surface area contributed by atoms with Crippen molar-refractivity contribution in [2.45, 2.75) is 26.7 Å². The van der Waals surface area contributed by atoms with Crippen molar-refractivity contribution in [2.24, 2.45) is 5.41 Å². The summed E-state index contributed by atoms with van der Waals surface area (Å²) in [5, 5.41) is 0. The Morgan fingerprint density at radius 1 is 1.13 bits per heavy atom. The van der Waals surface area contributed by atoms with E-state index in [1.165, 1.54) is 11.1 Å². The molecule has 0 fully saturated rings. The van der Waals surface area contributed by atoms with Crippen LogP contribution < -0.4 is 0 Å². The van der Waals surface area contributed by atoms with Crippen molar-refractivity contribution in [1.29, 1.82) is 0 Å². The lowest BCUT2D eigenvalue weighted by Gasteiger charge is -2.28. The number of alkyl halides is 2. The van der Waals surface area contributed by atoms with E-state index < -0.39 is 0 Å². The van der Waals surface area contributed by atoms with E-state index in [2.05, 4.69) is 38.1 Å². The van der Waals surface area contributed by atoms with E-state index in [0.29, 0.717) is 11.8 Å². The van der Waals surface area contributed by atoms with Crippen molar-refractivity contribution in [3.63, 3.8) is 0 Å². The number of rotatable bonds is 5. The summed E-state index contributed by atoms with van der Waals surface area (Å²) in [7, 11) is 0. The van der Waals surface area contributed by atoms with Gasteiger partial charge in [0.2, 0.25) is 0 Å². The Morgan fingerprint density at radius 3 is 2.20 bits per heavy atom. The van der Waals surface area contributed by atoms with E-state index >= 15 is 0 Å². The highest BCUT2D eigenvalue weighted by Gasteiger charge is 2.26. The summed E-state index contributed by atoms with van der Waals surface area (Å²) in [5.41, 5.74) is 2.74. The summed E-state index contributed by atoms with van der Waals surface area (Å²) in [5.74, 6) is 1.25. The van der Waals surface area contributed by atoms with E-state index in [0.717, 1.165) is 12.8 Å². The molecule has 1 rings (SSSR count). The maximum absolute atomic E-state index is 6.04. The van der Waals surface area contributed by atoms with Crippen LogP contribution in [0.5, 0.6) is 0 Å². The minimum Gasteiger partial charge on any atom is -0.126 e. The molecular formula is C13H18Cl2. The number of hydrogen-bond donors (Lipinski definition) is 0. The lowest BCUT2D eigenvalue weighted by atomic mass is 9.82. The molecule has 0 aliphatic carbocycles. The molecule has 0 aliphatic rings. The van der Waals surface area contributed by atoms with Crippen LogP contribution in [-0.4, -0.2) is 11.8 Å². The number of hydrogen-bond acceptors (Lipinski definition) is 0.